The number of aliphatic hydroxyl groups is 1. The van der Waals surface area contributed by atoms with E-state index in [1.165, 1.54) is 0 Å². The molecule has 2 amide bonds. The summed E-state index contributed by atoms with van der Waals surface area (Å²) < 4.78 is 0. The van der Waals surface area contributed by atoms with Gasteiger partial charge in [-0.3, -0.25) is 9.59 Å². The molecule has 0 atom stereocenters. The molecule has 2 saturated heterocycles. The van der Waals surface area contributed by atoms with Crippen LogP contribution in [0.25, 0.3) is 0 Å². The molecule has 2 fully saturated rings. The highest BCUT2D eigenvalue weighted by Gasteiger charge is 2.41. The van der Waals surface area contributed by atoms with E-state index in [1.807, 2.05) is 21.9 Å². The van der Waals surface area contributed by atoms with Crippen LogP contribution in [-0.4, -0.2) is 64.6 Å². The van der Waals surface area contributed by atoms with Gasteiger partial charge in [0.15, 0.2) is 0 Å². The number of piperidine rings is 2. The summed E-state index contributed by atoms with van der Waals surface area (Å²) in [4.78, 5) is 28.5. The molecular formula is C21H30N2O4. The molecule has 6 nitrogen and oxygen atoms in total. The SMILES string of the molecule is O=C(CCc1ccc(O)cc1)N1CCC2(CCC(=O)N(CCCO)C2)CC1. The average Bonchev–Trinajstić information content (AvgIpc) is 2.69. The van der Waals surface area contributed by atoms with Gasteiger partial charge in [-0.15, -0.1) is 0 Å². The first-order valence-corrected chi connectivity index (χ1v) is 9.96. The van der Waals surface area contributed by atoms with Crippen molar-refractivity contribution in [3.63, 3.8) is 0 Å². The molecule has 0 saturated carbocycles. The molecule has 2 N–H and O–H groups in total. The van der Waals surface area contributed by atoms with Gasteiger partial charge in [-0.2, -0.15) is 0 Å². The van der Waals surface area contributed by atoms with Crippen LogP contribution in [0.4, 0.5) is 0 Å². The Labute approximate surface area is 160 Å². The largest absolute Gasteiger partial charge is 0.508 e. The van der Waals surface area contributed by atoms with Crippen LogP contribution < -0.4 is 0 Å². The van der Waals surface area contributed by atoms with Gasteiger partial charge in [-0.1, -0.05) is 12.1 Å². The van der Waals surface area contributed by atoms with E-state index in [2.05, 4.69) is 0 Å². The molecule has 0 unspecified atom stereocenters. The van der Waals surface area contributed by atoms with Crippen LogP contribution in [0.3, 0.4) is 0 Å². The van der Waals surface area contributed by atoms with E-state index in [4.69, 9.17) is 5.11 Å². The molecule has 3 rings (SSSR count). The van der Waals surface area contributed by atoms with E-state index in [9.17, 15) is 14.7 Å². The first-order valence-electron chi connectivity index (χ1n) is 9.96. The smallest absolute Gasteiger partial charge is 0.222 e. The predicted molar refractivity (Wildman–Crippen MR) is 102 cm³/mol. The third-order valence-corrected chi connectivity index (χ3v) is 6.08. The third kappa shape index (κ3) is 5.01. The highest BCUT2D eigenvalue weighted by molar-refractivity contribution is 5.78. The summed E-state index contributed by atoms with van der Waals surface area (Å²) in [6.45, 7) is 3.03. The van der Waals surface area contributed by atoms with Crippen molar-refractivity contribution in [2.24, 2.45) is 5.41 Å². The van der Waals surface area contributed by atoms with Crippen molar-refractivity contribution in [1.29, 1.82) is 0 Å². The minimum atomic E-state index is 0.111. The number of hydrogen-bond donors (Lipinski definition) is 2. The molecule has 1 aromatic rings. The Morgan fingerprint density at radius 1 is 1.11 bits per heavy atom. The molecule has 27 heavy (non-hydrogen) atoms. The van der Waals surface area contributed by atoms with Crippen molar-refractivity contribution >= 4 is 11.8 Å². The van der Waals surface area contributed by atoms with Gasteiger partial charge in [-0.25, -0.2) is 0 Å². The van der Waals surface area contributed by atoms with Crippen molar-refractivity contribution in [1.82, 2.24) is 9.80 Å². The number of carbonyl (C=O) groups is 2. The van der Waals surface area contributed by atoms with Crippen LogP contribution in [-0.2, 0) is 16.0 Å². The van der Waals surface area contributed by atoms with Crippen LogP contribution in [0.15, 0.2) is 24.3 Å². The number of benzene rings is 1. The second kappa shape index (κ2) is 8.74. The van der Waals surface area contributed by atoms with Gasteiger partial charge in [0.2, 0.25) is 11.8 Å². The zero-order valence-corrected chi connectivity index (χ0v) is 15.9. The number of hydrogen-bond acceptors (Lipinski definition) is 4. The maximum Gasteiger partial charge on any atom is 0.222 e. The van der Waals surface area contributed by atoms with Gasteiger partial charge in [-0.05, 0) is 55.2 Å². The zero-order valence-electron chi connectivity index (χ0n) is 15.9. The monoisotopic (exact) mass is 374 g/mol. The second-order valence-corrected chi connectivity index (χ2v) is 7.94. The standard InChI is InChI=1S/C21H30N2O4/c24-15-1-12-23-16-21(9-8-20(23)27)10-13-22(14-11-21)19(26)7-4-17-2-5-18(25)6-3-17/h2-3,5-6,24-25H,1,4,7-16H2. The van der Waals surface area contributed by atoms with Crippen molar-refractivity contribution in [3.05, 3.63) is 29.8 Å². The lowest BCUT2D eigenvalue weighted by atomic mass is 9.72. The molecule has 148 valence electrons. The molecule has 2 aliphatic heterocycles. The Balaban J connectivity index is 1.48. The lowest BCUT2D eigenvalue weighted by molar-refractivity contribution is -0.142. The molecule has 1 spiro atoms. The van der Waals surface area contributed by atoms with Crippen molar-refractivity contribution in [2.75, 3.05) is 32.8 Å². The van der Waals surface area contributed by atoms with Crippen molar-refractivity contribution in [3.8, 4) is 5.75 Å². The Kier molecular flexibility index (Phi) is 6.37. The van der Waals surface area contributed by atoms with E-state index in [0.717, 1.165) is 44.5 Å². The molecule has 0 aliphatic carbocycles. The summed E-state index contributed by atoms with van der Waals surface area (Å²) in [6, 6.07) is 7.01. The summed E-state index contributed by atoms with van der Waals surface area (Å²) in [6.07, 6.45) is 5.19. The molecule has 0 bridgehead atoms. The lowest BCUT2D eigenvalue weighted by Gasteiger charge is -2.47. The quantitative estimate of drug-likeness (QED) is 0.797. The normalized spacial score (nSPS) is 19.5. The number of aryl methyl sites for hydroxylation is 1. The molecule has 0 radical (unpaired) electrons. The number of aromatic hydroxyl groups is 1. The summed E-state index contributed by atoms with van der Waals surface area (Å²) in [7, 11) is 0. The van der Waals surface area contributed by atoms with E-state index in [0.29, 0.717) is 32.2 Å². The Morgan fingerprint density at radius 2 is 1.81 bits per heavy atom. The number of phenols is 1. The highest BCUT2D eigenvalue weighted by atomic mass is 16.3. The fourth-order valence-corrected chi connectivity index (χ4v) is 4.28. The molecule has 1 aromatic carbocycles. The molecule has 0 aromatic heterocycles. The summed E-state index contributed by atoms with van der Waals surface area (Å²) in [5, 5.41) is 18.4. The van der Waals surface area contributed by atoms with Gasteiger partial charge in [0, 0.05) is 45.6 Å². The van der Waals surface area contributed by atoms with Gasteiger partial charge in [0.25, 0.3) is 0 Å². The van der Waals surface area contributed by atoms with Crippen molar-refractivity contribution in [2.45, 2.75) is 44.9 Å². The van der Waals surface area contributed by atoms with Crippen LogP contribution in [0, 0.1) is 5.41 Å². The predicted octanol–water partition coefficient (Wildman–Crippen LogP) is 1.94. The maximum atomic E-state index is 12.6. The lowest BCUT2D eigenvalue weighted by Crippen LogP contribution is -2.52. The maximum absolute atomic E-state index is 12.6. The topological polar surface area (TPSA) is 81.1 Å². The first kappa shape index (κ1) is 19.7. The number of nitrogens with zero attached hydrogens (tertiary/aromatic N) is 2. The number of carbonyl (C=O) groups excluding carboxylic acids is 2. The minimum Gasteiger partial charge on any atom is -0.508 e. The van der Waals surface area contributed by atoms with Crippen LogP contribution in [0.1, 0.15) is 44.1 Å². The fourth-order valence-electron chi connectivity index (χ4n) is 4.28. The van der Waals surface area contributed by atoms with E-state index in [-0.39, 0.29) is 29.6 Å². The van der Waals surface area contributed by atoms with E-state index in [1.54, 1.807) is 12.1 Å². The summed E-state index contributed by atoms with van der Waals surface area (Å²) >= 11 is 0. The molecule has 2 aliphatic rings. The van der Waals surface area contributed by atoms with Gasteiger partial charge in [0.1, 0.15) is 5.75 Å². The molecule has 6 heteroatoms. The van der Waals surface area contributed by atoms with Gasteiger partial charge in [0.05, 0.1) is 0 Å². The second-order valence-electron chi connectivity index (χ2n) is 7.94. The Bertz CT molecular complexity index is 651. The average molecular weight is 374 g/mol. The van der Waals surface area contributed by atoms with Gasteiger partial charge >= 0.3 is 0 Å². The molecule has 2 heterocycles. The Morgan fingerprint density at radius 3 is 2.48 bits per heavy atom. The zero-order chi connectivity index (χ0) is 19.3. The summed E-state index contributed by atoms with van der Waals surface area (Å²) in [5.74, 6) is 0.619. The van der Waals surface area contributed by atoms with Crippen molar-refractivity contribution < 1.29 is 19.8 Å². The number of rotatable bonds is 6. The van der Waals surface area contributed by atoms with Crippen LogP contribution >= 0.6 is 0 Å². The van der Waals surface area contributed by atoms with E-state index >= 15 is 0 Å². The minimum absolute atomic E-state index is 0.111. The van der Waals surface area contributed by atoms with Crippen LogP contribution in [0.5, 0.6) is 5.75 Å². The van der Waals surface area contributed by atoms with Gasteiger partial charge < -0.3 is 20.0 Å². The Hall–Kier alpha value is -2.08. The first-order chi connectivity index (χ1) is 13.0. The number of amides is 2. The third-order valence-electron chi connectivity index (χ3n) is 6.08. The number of phenolic OH excluding ortho intramolecular Hbond substituents is 1. The number of likely N-dealkylation sites (tertiary alicyclic amines) is 2. The fraction of sp³-hybridized carbons (Fsp3) is 0.619. The highest BCUT2D eigenvalue weighted by Crippen LogP contribution is 2.40. The number of aliphatic hydroxyl groups excluding tert-OH is 1. The van der Waals surface area contributed by atoms with Crippen LogP contribution in [0.2, 0.25) is 0 Å². The van der Waals surface area contributed by atoms with E-state index < -0.39 is 0 Å². The molecular weight excluding hydrogens is 344 g/mol. The summed E-state index contributed by atoms with van der Waals surface area (Å²) in [5.41, 5.74) is 1.19.